The van der Waals surface area contributed by atoms with Gasteiger partial charge in [-0.3, -0.25) is 29.4 Å². The molecule has 1 unspecified atom stereocenters. The molecule has 0 saturated carbocycles. The Labute approximate surface area is 157 Å². The van der Waals surface area contributed by atoms with Crippen LogP contribution in [0.3, 0.4) is 0 Å². The van der Waals surface area contributed by atoms with E-state index in [2.05, 4.69) is 31.0 Å². The smallest absolute Gasteiger partial charge is 0.264 e. The largest absolute Gasteiger partial charge is 0.370 e. The fraction of sp³-hybridized carbons (Fsp3) is 0.500. The van der Waals surface area contributed by atoms with E-state index >= 15 is 0 Å². The molecule has 7 heteroatoms. The second-order valence-electron chi connectivity index (χ2n) is 8.61. The minimum absolute atomic E-state index is 0.121. The summed E-state index contributed by atoms with van der Waals surface area (Å²) in [6.07, 6.45) is 0.289. The average molecular weight is 369 g/mol. The lowest BCUT2D eigenvalue weighted by Crippen LogP contribution is -2.54. The molecule has 1 atom stereocenters. The molecule has 0 radical (unpaired) electrons. The van der Waals surface area contributed by atoms with Crippen molar-refractivity contribution < 1.29 is 19.2 Å². The number of benzene rings is 1. The number of carbonyl (C=O) groups excluding carboxylic acids is 4. The van der Waals surface area contributed by atoms with Crippen molar-refractivity contribution >= 4 is 29.3 Å². The van der Waals surface area contributed by atoms with Crippen LogP contribution < -0.4 is 10.2 Å². The maximum atomic E-state index is 13.1. The first-order valence-corrected chi connectivity index (χ1v) is 9.28. The zero-order valence-corrected chi connectivity index (χ0v) is 15.7. The number of hydrogen-bond acceptors (Lipinski definition) is 5. The molecule has 27 heavy (non-hydrogen) atoms. The topological polar surface area (TPSA) is 86.8 Å². The highest BCUT2D eigenvalue weighted by atomic mass is 16.2. The van der Waals surface area contributed by atoms with Gasteiger partial charge in [0.15, 0.2) is 0 Å². The third-order valence-corrected chi connectivity index (χ3v) is 5.89. The van der Waals surface area contributed by atoms with Crippen molar-refractivity contribution in [3.05, 3.63) is 29.3 Å². The molecular formula is C20H23N3O4. The molecule has 2 saturated heterocycles. The van der Waals surface area contributed by atoms with Gasteiger partial charge in [-0.25, -0.2) is 0 Å². The van der Waals surface area contributed by atoms with Gasteiger partial charge < -0.3 is 4.90 Å². The Kier molecular flexibility index (Phi) is 3.87. The third-order valence-electron chi connectivity index (χ3n) is 5.89. The molecule has 3 aliphatic heterocycles. The van der Waals surface area contributed by atoms with Gasteiger partial charge in [-0.1, -0.05) is 26.8 Å². The Bertz CT molecular complexity index is 864. The van der Waals surface area contributed by atoms with E-state index < -0.39 is 23.8 Å². The number of fused-ring (bicyclic) bond motifs is 1. The number of imide groups is 2. The van der Waals surface area contributed by atoms with Crippen LogP contribution in [-0.2, 0) is 9.59 Å². The zero-order valence-electron chi connectivity index (χ0n) is 15.7. The Morgan fingerprint density at radius 3 is 2.37 bits per heavy atom. The summed E-state index contributed by atoms with van der Waals surface area (Å²) in [5, 5.41) is 2.22. The second kappa shape index (κ2) is 5.90. The molecule has 4 rings (SSSR count). The van der Waals surface area contributed by atoms with E-state index in [9.17, 15) is 19.2 Å². The highest BCUT2D eigenvalue weighted by molar-refractivity contribution is 6.25. The van der Waals surface area contributed by atoms with Gasteiger partial charge in [0.25, 0.3) is 11.8 Å². The number of carbonyl (C=O) groups is 4. The maximum absolute atomic E-state index is 13.1. The minimum Gasteiger partial charge on any atom is -0.370 e. The van der Waals surface area contributed by atoms with Gasteiger partial charge in [-0.15, -0.1) is 0 Å². The molecule has 0 bridgehead atoms. The molecule has 3 heterocycles. The van der Waals surface area contributed by atoms with Crippen molar-refractivity contribution in [3.8, 4) is 0 Å². The van der Waals surface area contributed by atoms with Crippen molar-refractivity contribution in [2.45, 2.75) is 39.7 Å². The summed E-state index contributed by atoms with van der Waals surface area (Å²) in [6, 6.07) is 4.34. The normalized spacial score (nSPS) is 23.4. The van der Waals surface area contributed by atoms with Crippen LogP contribution in [0.5, 0.6) is 0 Å². The standard InChI is InChI=1S/C20H23N3O4/c1-20(2,3)11-9-22(10-11)13-6-4-5-12-16(13)19(27)23(18(12)26)14-7-8-15(24)21-17(14)25/h4-6,11,14H,7-10H2,1-3H3,(H,21,24,25). The molecule has 3 aliphatic rings. The molecule has 0 spiro atoms. The summed E-state index contributed by atoms with van der Waals surface area (Å²) in [6.45, 7) is 8.26. The van der Waals surface area contributed by atoms with E-state index in [0.29, 0.717) is 17.0 Å². The van der Waals surface area contributed by atoms with Crippen molar-refractivity contribution in [2.24, 2.45) is 11.3 Å². The lowest BCUT2D eigenvalue weighted by atomic mass is 9.75. The van der Waals surface area contributed by atoms with Gasteiger partial charge in [0.05, 0.1) is 16.8 Å². The van der Waals surface area contributed by atoms with Crippen LogP contribution in [-0.4, -0.2) is 47.7 Å². The lowest BCUT2D eigenvalue weighted by Gasteiger charge is -2.48. The van der Waals surface area contributed by atoms with E-state index in [1.807, 2.05) is 6.07 Å². The number of rotatable bonds is 2. The maximum Gasteiger partial charge on any atom is 0.264 e. The van der Waals surface area contributed by atoms with Crippen LogP contribution in [0.15, 0.2) is 18.2 Å². The minimum atomic E-state index is -0.929. The number of nitrogens with zero attached hydrogens (tertiary/aromatic N) is 2. The van der Waals surface area contributed by atoms with Crippen molar-refractivity contribution in [1.29, 1.82) is 0 Å². The van der Waals surface area contributed by atoms with Gasteiger partial charge >= 0.3 is 0 Å². The predicted octanol–water partition coefficient (Wildman–Crippen LogP) is 1.57. The highest BCUT2D eigenvalue weighted by Crippen LogP contribution is 2.40. The fourth-order valence-electron chi connectivity index (χ4n) is 3.98. The molecule has 2 fully saturated rings. The van der Waals surface area contributed by atoms with E-state index in [-0.39, 0.29) is 24.2 Å². The van der Waals surface area contributed by atoms with E-state index in [1.165, 1.54) is 0 Å². The number of anilines is 1. The first-order chi connectivity index (χ1) is 12.7. The lowest BCUT2D eigenvalue weighted by molar-refractivity contribution is -0.136. The molecule has 0 aromatic heterocycles. The molecule has 1 aromatic carbocycles. The molecule has 4 amide bonds. The van der Waals surface area contributed by atoms with Gasteiger partial charge in [-0.05, 0) is 29.9 Å². The highest BCUT2D eigenvalue weighted by Gasteiger charge is 2.47. The van der Waals surface area contributed by atoms with Crippen LogP contribution in [0.2, 0.25) is 0 Å². The summed E-state index contributed by atoms with van der Waals surface area (Å²) >= 11 is 0. The third kappa shape index (κ3) is 2.72. The van der Waals surface area contributed by atoms with Gasteiger partial charge in [-0.2, -0.15) is 0 Å². The summed E-state index contributed by atoms with van der Waals surface area (Å²) in [5.74, 6) is -1.34. The van der Waals surface area contributed by atoms with Crippen LogP contribution in [0, 0.1) is 11.3 Å². The number of nitrogens with one attached hydrogen (secondary N) is 1. The first kappa shape index (κ1) is 17.7. The predicted molar refractivity (Wildman–Crippen MR) is 98.3 cm³/mol. The fourth-order valence-corrected chi connectivity index (χ4v) is 3.98. The second-order valence-corrected chi connectivity index (χ2v) is 8.61. The summed E-state index contributed by atoms with van der Waals surface area (Å²) in [4.78, 5) is 52.7. The Hall–Kier alpha value is -2.70. The molecule has 1 aromatic rings. The van der Waals surface area contributed by atoms with E-state index in [1.54, 1.807) is 12.1 Å². The van der Waals surface area contributed by atoms with Gasteiger partial charge in [0.2, 0.25) is 11.8 Å². The summed E-state index contributed by atoms with van der Waals surface area (Å²) in [5.41, 5.74) is 1.65. The van der Waals surface area contributed by atoms with Crippen molar-refractivity contribution in [2.75, 3.05) is 18.0 Å². The number of amides is 4. The molecule has 1 N–H and O–H groups in total. The molecular weight excluding hydrogens is 346 g/mol. The number of hydrogen-bond donors (Lipinski definition) is 1. The molecule has 7 nitrogen and oxygen atoms in total. The number of piperidine rings is 1. The van der Waals surface area contributed by atoms with Crippen molar-refractivity contribution in [1.82, 2.24) is 10.2 Å². The summed E-state index contributed by atoms with van der Waals surface area (Å²) < 4.78 is 0. The average Bonchev–Trinajstić information content (AvgIpc) is 2.78. The molecule has 0 aliphatic carbocycles. The van der Waals surface area contributed by atoms with Crippen LogP contribution in [0.4, 0.5) is 5.69 Å². The van der Waals surface area contributed by atoms with Crippen LogP contribution >= 0.6 is 0 Å². The van der Waals surface area contributed by atoms with E-state index in [4.69, 9.17) is 0 Å². The Balaban J connectivity index is 1.63. The SMILES string of the molecule is CC(C)(C)C1CN(c2cccc3c2C(=O)N(C2CCC(=O)NC2=O)C3=O)C1. The monoisotopic (exact) mass is 369 g/mol. The van der Waals surface area contributed by atoms with Gasteiger partial charge in [0, 0.05) is 19.5 Å². The Morgan fingerprint density at radius 2 is 1.74 bits per heavy atom. The van der Waals surface area contributed by atoms with E-state index in [0.717, 1.165) is 23.7 Å². The first-order valence-electron chi connectivity index (χ1n) is 9.28. The quantitative estimate of drug-likeness (QED) is 0.800. The van der Waals surface area contributed by atoms with Crippen molar-refractivity contribution in [3.63, 3.8) is 0 Å². The molecule has 142 valence electrons. The van der Waals surface area contributed by atoms with Crippen LogP contribution in [0.1, 0.15) is 54.3 Å². The van der Waals surface area contributed by atoms with Crippen LogP contribution in [0.25, 0.3) is 0 Å². The zero-order chi connectivity index (χ0) is 19.5. The summed E-state index contributed by atoms with van der Waals surface area (Å²) in [7, 11) is 0. The Morgan fingerprint density at radius 1 is 1.04 bits per heavy atom. The van der Waals surface area contributed by atoms with Gasteiger partial charge in [0.1, 0.15) is 6.04 Å².